The molecule has 7 heteroatoms. The van der Waals surface area contributed by atoms with Crippen molar-refractivity contribution < 1.29 is 24.5 Å². The van der Waals surface area contributed by atoms with E-state index in [0.29, 0.717) is 0 Å². The molecule has 1 atom stereocenters. The summed E-state index contributed by atoms with van der Waals surface area (Å²) in [5.41, 5.74) is 0.884. The SMILES string of the molecule is O=C(CCC(=O)OCC(O)CO)NCNc1ccccc1. The molecule has 0 saturated heterocycles. The molecule has 0 aliphatic carbocycles. The number of esters is 1. The third-order valence-electron chi connectivity index (χ3n) is 2.56. The Labute approximate surface area is 122 Å². The molecule has 0 aliphatic rings. The van der Waals surface area contributed by atoms with Crippen molar-refractivity contribution in [3.8, 4) is 0 Å². The third-order valence-corrected chi connectivity index (χ3v) is 2.56. The first-order valence-electron chi connectivity index (χ1n) is 6.62. The molecular formula is C14H20N2O5. The molecule has 1 amide bonds. The molecule has 0 aromatic heterocycles. The summed E-state index contributed by atoms with van der Waals surface area (Å²) in [6.07, 6.45) is -1.15. The van der Waals surface area contributed by atoms with Crippen molar-refractivity contribution in [2.24, 2.45) is 0 Å². The standard InChI is InChI=1S/C14H20N2O5/c17-8-12(18)9-21-14(20)7-6-13(19)16-10-15-11-4-2-1-3-5-11/h1-5,12,15,17-18H,6-10H2,(H,16,19). The van der Waals surface area contributed by atoms with Gasteiger partial charge in [0, 0.05) is 12.1 Å². The van der Waals surface area contributed by atoms with E-state index in [9.17, 15) is 9.59 Å². The lowest BCUT2D eigenvalue weighted by molar-refractivity contribution is -0.148. The molecule has 4 N–H and O–H groups in total. The normalized spacial score (nSPS) is 11.5. The van der Waals surface area contributed by atoms with Crippen molar-refractivity contribution in [3.63, 3.8) is 0 Å². The first kappa shape index (κ1) is 16.9. The van der Waals surface area contributed by atoms with Crippen LogP contribution < -0.4 is 10.6 Å². The number of carbonyl (C=O) groups is 2. The second-order valence-electron chi connectivity index (χ2n) is 4.34. The number of benzene rings is 1. The van der Waals surface area contributed by atoms with Gasteiger partial charge in [0.05, 0.1) is 19.7 Å². The highest BCUT2D eigenvalue weighted by Crippen LogP contribution is 2.03. The van der Waals surface area contributed by atoms with Crippen molar-refractivity contribution in [1.82, 2.24) is 5.32 Å². The number of hydrogen-bond donors (Lipinski definition) is 4. The molecule has 21 heavy (non-hydrogen) atoms. The molecule has 0 saturated carbocycles. The Morgan fingerprint density at radius 2 is 1.90 bits per heavy atom. The van der Waals surface area contributed by atoms with Gasteiger partial charge in [-0.1, -0.05) is 18.2 Å². The Hall–Kier alpha value is -2.12. The van der Waals surface area contributed by atoms with Gasteiger partial charge in [-0.15, -0.1) is 0 Å². The first-order valence-corrected chi connectivity index (χ1v) is 6.62. The number of aliphatic hydroxyl groups excluding tert-OH is 2. The van der Waals surface area contributed by atoms with Crippen LogP contribution in [0.3, 0.4) is 0 Å². The van der Waals surface area contributed by atoms with Crippen LogP contribution in [0.2, 0.25) is 0 Å². The smallest absolute Gasteiger partial charge is 0.306 e. The van der Waals surface area contributed by atoms with Crippen LogP contribution in [-0.4, -0.2) is 48.1 Å². The van der Waals surface area contributed by atoms with Gasteiger partial charge in [0.2, 0.25) is 5.91 Å². The maximum absolute atomic E-state index is 11.5. The molecule has 116 valence electrons. The van der Waals surface area contributed by atoms with Gasteiger partial charge in [-0.3, -0.25) is 9.59 Å². The fourth-order valence-electron chi connectivity index (χ4n) is 1.42. The number of hydrogen-bond acceptors (Lipinski definition) is 6. The average molecular weight is 296 g/mol. The van der Waals surface area contributed by atoms with E-state index in [2.05, 4.69) is 15.4 Å². The Morgan fingerprint density at radius 3 is 2.57 bits per heavy atom. The summed E-state index contributed by atoms with van der Waals surface area (Å²) in [7, 11) is 0. The summed E-state index contributed by atoms with van der Waals surface area (Å²) >= 11 is 0. The molecule has 0 heterocycles. The summed E-state index contributed by atoms with van der Waals surface area (Å²) in [6.45, 7) is -0.480. The highest BCUT2D eigenvalue weighted by atomic mass is 16.5. The van der Waals surface area contributed by atoms with Crippen LogP contribution in [0.4, 0.5) is 5.69 Å². The number of anilines is 1. The molecular weight excluding hydrogens is 276 g/mol. The summed E-state index contributed by atoms with van der Waals surface area (Å²) in [6, 6.07) is 9.39. The van der Waals surface area contributed by atoms with E-state index < -0.39 is 18.7 Å². The minimum Gasteiger partial charge on any atom is -0.463 e. The Bertz CT molecular complexity index is 438. The van der Waals surface area contributed by atoms with Crippen LogP contribution in [0.5, 0.6) is 0 Å². The molecule has 7 nitrogen and oxygen atoms in total. The van der Waals surface area contributed by atoms with Crippen molar-refractivity contribution in [1.29, 1.82) is 0 Å². The number of amides is 1. The Kier molecular flexibility index (Phi) is 7.85. The maximum Gasteiger partial charge on any atom is 0.306 e. The van der Waals surface area contributed by atoms with E-state index in [4.69, 9.17) is 10.2 Å². The van der Waals surface area contributed by atoms with Crippen molar-refractivity contribution in [2.45, 2.75) is 18.9 Å². The number of aliphatic hydroxyl groups is 2. The quantitative estimate of drug-likeness (QED) is 0.373. The molecule has 0 fully saturated rings. The summed E-state index contributed by atoms with van der Waals surface area (Å²) in [5, 5.41) is 23.2. The fraction of sp³-hybridized carbons (Fsp3) is 0.429. The molecule has 1 unspecified atom stereocenters. The van der Waals surface area contributed by atoms with E-state index in [1.54, 1.807) is 0 Å². The largest absolute Gasteiger partial charge is 0.463 e. The third kappa shape index (κ3) is 7.91. The summed E-state index contributed by atoms with van der Waals surface area (Å²) < 4.78 is 4.67. The van der Waals surface area contributed by atoms with Crippen LogP contribution >= 0.6 is 0 Å². The number of rotatable bonds is 9. The number of nitrogens with one attached hydrogen (secondary N) is 2. The van der Waals surface area contributed by atoms with Gasteiger partial charge in [0.15, 0.2) is 0 Å². The number of ether oxygens (including phenoxy) is 1. The average Bonchev–Trinajstić information content (AvgIpc) is 2.51. The van der Waals surface area contributed by atoms with Crippen LogP contribution in [-0.2, 0) is 14.3 Å². The van der Waals surface area contributed by atoms with Crippen molar-refractivity contribution in [2.75, 3.05) is 25.2 Å². The zero-order chi connectivity index (χ0) is 15.5. The van der Waals surface area contributed by atoms with Gasteiger partial charge in [0.1, 0.15) is 12.7 Å². The molecule has 1 rings (SSSR count). The maximum atomic E-state index is 11.5. The monoisotopic (exact) mass is 296 g/mol. The van der Waals surface area contributed by atoms with Gasteiger partial charge in [-0.05, 0) is 12.1 Å². The fourth-order valence-corrected chi connectivity index (χ4v) is 1.42. The van der Waals surface area contributed by atoms with Crippen LogP contribution in [0.15, 0.2) is 30.3 Å². The van der Waals surface area contributed by atoms with Crippen LogP contribution in [0.25, 0.3) is 0 Å². The van der Waals surface area contributed by atoms with E-state index in [-0.39, 0.29) is 32.0 Å². The topological polar surface area (TPSA) is 108 Å². The summed E-state index contributed by atoms with van der Waals surface area (Å²) in [4.78, 5) is 22.7. The lowest BCUT2D eigenvalue weighted by Crippen LogP contribution is -2.29. The Morgan fingerprint density at radius 1 is 1.19 bits per heavy atom. The lowest BCUT2D eigenvalue weighted by atomic mass is 10.3. The molecule has 0 radical (unpaired) electrons. The van der Waals surface area contributed by atoms with Crippen LogP contribution in [0.1, 0.15) is 12.8 Å². The predicted octanol–water partition coefficient (Wildman–Crippen LogP) is -0.151. The minimum absolute atomic E-state index is 0.00449. The molecule has 0 spiro atoms. The van der Waals surface area contributed by atoms with Gasteiger partial charge in [-0.25, -0.2) is 0 Å². The van der Waals surface area contributed by atoms with Gasteiger partial charge in [-0.2, -0.15) is 0 Å². The van der Waals surface area contributed by atoms with Crippen LogP contribution in [0, 0.1) is 0 Å². The highest BCUT2D eigenvalue weighted by molar-refractivity contribution is 5.81. The zero-order valence-electron chi connectivity index (χ0n) is 11.6. The second-order valence-corrected chi connectivity index (χ2v) is 4.34. The highest BCUT2D eigenvalue weighted by Gasteiger charge is 2.10. The molecule has 1 aromatic carbocycles. The first-order chi connectivity index (χ1) is 10.1. The second kappa shape index (κ2) is 9.73. The molecule has 1 aromatic rings. The van der Waals surface area contributed by atoms with Gasteiger partial charge in [0.25, 0.3) is 0 Å². The minimum atomic E-state index is -1.09. The summed E-state index contributed by atoms with van der Waals surface area (Å²) in [5.74, 6) is -0.869. The van der Waals surface area contributed by atoms with Gasteiger partial charge >= 0.3 is 5.97 Å². The van der Waals surface area contributed by atoms with E-state index in [1.807, 2.05) is 30.3 Å². The van der Waals surface area contributed by atoms with E-state index >= 15 is 0 Å². The Balaban J connectivity index is 2.09. The number of para-hydroxylation sites is 1. The van der Waals surface area contributed by atoms with E-state index in [0.717, 1.165) is 5.69 Å². The van der Waals surface area contributed by atoms with E-state index in [1.165, 1.54) is 0 Å². The lowest BCUT2D eigenvalue weighted by Gasteiger charge is -2.09. The molecule has 0 aliphatic heterocycles. The van der Waals surface area contributed by atoms with Crippen molar-refractivity contribution >= 4 is 17.6 Å². The molecule has 0 bridgehead atoms. The zero-order valence-corrected chi connectivity index (χ0v) is 11.6. The number of carbonyl (C=O) groups excluding carboxylic acids is 2. The predicted molar refractivity (Wildman–Crippen MR) is 76.4 cm³/mol. The van der Waals surface area contributed by atoms with Crippen molar-refractivity contribution in [3.05, 3.63) is 30.3 Å². The van der Waals surface area contributed by atoms with Gasteiger partial charge < -0.3 is 25.6 Å².